The lowest BCUT2D eigenvalue weighted by Gasteiger charge is -2.43. The highest BCUT2D eigenvalue weighted by Crippen LogP contribution is 2.40. The Bertz CT molecular complexity index is 2850. The quantitative estimate of drug-likeness (QED) is 0.0395. The van der Waals surface area contributed by atoms with Gasteiger partial charge in [0.05, 0.1) is 104 Å². The van der Waals surface area contributed by atoms with E-state index in [0.29, 0.717) is 142 Å². The van der Waals surface area contributed by atoms with Crippen LogP contribution in [0.25, 0.3) is 11.2 Å². The normalized spacial score (nSPS) is 17.7. The first-order valence-electron chi connectivity index (χ1n) is 26.4. The SMILES string of the molecule is CC[C@@H]1C(=O)N(C)c2cnc(Nc3ccc(C(=O)NCCOCCOCCOCCOCCN(C)C/C=C/C(=O)N[C@@H]4CN(c5nc(Nc6cn(C)nc6OC)c6ncn(C)c6n5)C[C@H]4F)cc3OC)nc2N1C1CCCC1. The number of halogens is 1. The van der Waals surface area contributed by atoms with Crippen molar-refractivity contribution >= 4 is 69.5 Å². The van der Waals surface area contributed by atoms with Gasteiger partial charge in [-0.2, -0.15) is 15.0 Å². The van der Waals surface area contributed by atoms with Crippen LogP contribution in [0.15, 0.2) is 49.1 Å². The summed E-state index contributed by atoms with van der Waals surface area (Å²) in [5, 5.41) is 16.4. The number of likely N-dealkylation sites (N-methyl/N-ethyl adjacent to an activating group) is 2. The zero-order valence-corrected chi connectivity index (χ0v) is 45.6. The molecule has 6 heterocycles. The molecule has 0 bridgehead atoms. The van der Waals surface area contributed by atoms with Gasteiger partial charge in [0.15, 0.2) is 22.8 Å². The lowest BCUT2D eigenvalue weighted by Crippen LogP contribution is -2.55. The van der Waals surface area contributed by atoms with E-state index in [1.165, 1.54) is 20.3 Å². The number of methoxy groups -OCH3 is 2. The number of hydrogen-bond donors (Lipinski definition) is 4. The van der Waals surface area contributed by atoms with Gasteiger partial charge in [0.2, 0.25) is 23.7 Å². The van der Waals surface area contributed by atoms with Crippen LogP contribution in [0.1, 0.15) is 49.4 Å². The molecule has 78 heavy (non-hydrogen) atoms. The number of rotatable bonds is 29. The van der Waals surface area contributed by atoms with Crippen LogP contribution in [0.2, 0.25) is 0 Å². The van der Waals surface area contributed by atoms with Gasteiger partial charge in [-0.25, -0.2) is 14.4 Å². The molecule has 3 amide bonds. The third kappa shape index (κ3) is 14.3. The van der Waals surface area contributed by atoms with Gasteiger partial charge in [-0.3, -0.25) is 19.1 Å². The van der Waals surface area contributed by atoms with E-state index in [-0.39, 0.29) is 37.0 Å². The monoisotopic (exact) mass is 1080 g/mol. The summed E-state index contributed by atoms with van der Waals surface area (Å²) in [7, 11) is 10.3. The molecule has 1 aromatic carbocycles. The Morgan fingerprint density at radius 2 is 1.62 bits per heavy atom. The third-order valence-corrected chi connectivity index (χ3v) is 13.7. The molecule has 1 saturated heterocycles. The molecule has 3 atom stereocenters. The van der Waals surface area contributed by atoms with E-state index in [2.05, 4.69) is 51.2 Å². The number of hydrogen-bond acceptors (Lipinski definition) is 20. The number of alkyl halides is 1. The van der Waals surface area contributed by atoms with E-state index < -0.39 is 18.1 Å². The highest BCUT2D eigenvalue weighted by atomic mass is 19.1. The molecule has 0 radical (unpaired) electrons. The summed E-state index contributed by atoms with van der Waals surface area (Å²) in [6.07, 6.45) is 11.9. The number of imidazole rings is 1. The maximum Gasteiger partial charge on any atom is 0.256 e. The Labute approximate surface area is 453 Å². The summed E-state index contributed by atoms with van der Waals surface area (Å²) < 4.78 is 52.2. The van der Waals surface area contributed by atoms with Crippen molar-refractivity contribution in [1.82, 2.24) is 54.8 Å². The molecule has 25 nitrogen and oxygen atoms in total. The van der Waals surface area contributed by atoms with E-state index in [1.807, 2.05) is 25.9 Å². The number of aryl methyl sites for hydroxylation is 2. The fourth-order valence-corrected chi connectivity index (χ4v) is 9.60. The number of ether oxygens (including phenoxy) is 6. The first-order chi connectivity index (χ1) is 37.8. The van der Waals surface area contributed by atoms with Crippen LogP contribution in [-0.2, 0) is 42.6 Å². The molecule has 1 aliphatic carbocycles. The number of anilines is 7. The summed E-state index contributed by atoms with van der Waals surface area (Å²) in [5.74, 6) is 2.05. The summed E-state index contributed by atoms with van der Waals surface area (Å²) in [5.41, 5.74) is 3.38. The van der Waals surface area contributed by atoms with Gasteiger partial charge in [0, 0.05) is 65.0 Å². The topological polar surface area (TPSA) is 255 Å². The van der Waals surface area contributed by atoms with Crippen LogP contribution in [0.5, 0.6) is 11.6 Å². The first-order valence-corrected chi connectivity index (χ1v) is 26.4. The second kappa shape index (κ2) is 27.4. The van der Waals surface area contributed by atoms with Crippen molar-refractivity contribution in [3.05, 3.63) is 54.6 Å². The number of amides is 3. The van der Waals surface area contributed by atoms with Crippen LogP contribution in [-0.4, -0.2) is 200 Å². The van der Waals surface area contributed by atoms with Gasteiger partial charge in [-0.15, -0.1) is 5.10 Å². The van der Waals surface area contributed by atoms with Crippen molar-refractivity contribution in [3.63, 3.8) is 0 Å². The van der Waals surface area contributed by atoms with Crippen LogP contribution < -0.4 is 45.4 Å². The number of carbonyl (C=O) groups excluding carboxylic acids is 3. The highest BCUT2D eigenvalue weighted by Gasteiger charge is 2.41. The maximum absolute atomic E-state index is 15.3. The van der Waals surface area contributed by atoms with E-state index >= 15 is 4.39 Å². The molecule has 26 heteroatoms. The largest absolute Gasteiger partial charge is 0.495 e. The lowest BCUT2D eigenvalue weighted by atomic mass is 10.0. The van der Waals surface area contributed by atoms with E-state index in [9.17, 15) is 14.4 Å². The van der Waals surface area contributed by atoms with Gasteiger partial charge in [0.25, 0.3) is 11.8 Å². The summed E-state index contributed by atoms with van der Waals surface area (Å²) in [4.78, 5) is 69.9. The van der Waals surface area contributed by atoms with Crippen molar-refractivity contribution in [2.24, 2.45) is 14.1 Å². The van der Waals surface area contributed by atoms with Gasteiger partial charge in [-0.05, 0) is 44.5 Å². The molecule has 1 saturated carbocycles. The second-order valence-corrected chi connectivity index (χ2v) is 19.3. The van der Waals surface area contributed by atoms with Crippen molar-refractivity contribution in [1.29, 1.82) is 0 Å². The molecule has 4 N–H and O–H groups in total. The number of nitrogens with one attached hydrogen (secondary N) is 4. The smallest absolute Gasteiger partial charge is 0.256 e. The Kier molecular flexibility index (Phi) is 20.0. The van der Waals surface area contributed by atoms with Crippen LogP contribution in [0.4, 0.5) is 45.0 Å². The van der Waals surface area contributed by atoms with Gasteiger partial charge < -0.3 is 73.9 Å². The average Bonchev–Trinajstić information content (AvgIpc) is 4.40. The Hall–Kier alpha value is -7.26. The highest BCUT2D eigenvalue weighted by molar-refractivity contribution is 6.04. The van der Waals surface area contributed by atoms with E-state index in [4.69, 9.17) is 33.4 Å². The van der Waals surface area contributed by atoms with Gasteiger partial charge in [-0.1, -0.05) is 25.8 Å². The van der Waals surface area contributed by atoms with Crippen molar-refractivity contribution in [2.75, 3.05) is 139 Å². The average molecular weight is 1090 g/mol. The molecule has 0 unspecified atom stereocenters. The standard InChI is InChI=1S/C52H73FN16O9/c1-8-40-50(72)67(5)41-29-55-51(61-46(41)69(40)35-12-9-10-13-35)59-37-16-15-34(28-42(37)73-6)48(71)54-17-20-75-22-24-77-26-27-78-25-23-76-21-19-64(2)18-11-14-43(70)57-38-32-68(30-36(38)53)52-60-45(44-47(62-52)65(3)33-56-44)58-39-31-66(4)63-49(39)74-7/h11,14-16,28-29,31,33,35-36,38,40H,8-10,12-13,17-27,30,32H2,1-7H3,(H,54,71)(H,57,70)(H,55,59,61)(H,58,60,62)/b14-11+/t36-,38-,40-/m1/s1. The van der Waals surface area contributed by atoms with Crippen LogP contribution in [0.3, 0.4) is 0 Å². The van der Waals surface area contributed by atoms with Crippen molar-refractivity contribution in [3.8, 4) is 11.6 Å². The third-order valence-electron chi connectivity index (χ3n) is 13.7. The predicted molar refractivity (Wildman–Crippen MR) is 291 cm³/mol. The molecule has 422 valence electrons. The molecular formula is C52H73FN16O9. The fraction of sp³-hybridized carbons (Fsp3) is 0.558. The molecule has 4 aromatic heterocycles. The molecule has 3 aliphatic rings. The van der Waals surface area contributed by atoms with E-state index in [0.717, 1.165) is 31.5 Å². The lowest BCUT2D eigenvalue weighted by molar-refractivity contribution is -0.120. The van der Waals surface area contributed by atoms with Crippen LogP contribution in [0, 0.1) is 0 Å². The molecule has 5 aromatic rings. The van der Waals surface area contributed by atoms with E-state index in [1.54, 1.807) is 76.1 Å². The molecule has 0 spiro atoms. The second-order valence-electron chi connectivity index (χ2n) is 19.3. The minimum Gasteiger partial charge on any atom is -0.495 e. The number of nitrogens with zero attached hydrogens (tertiary/aromatic N) is 12. The van der Waals surface area contributed by atoms with Crippen molar-refractivity contribution < 1.29 is 47.2 Å². The van der Waals surface area contributed by atoms with Gasteiger partial charge in [0.1, 0.15) is 29.3 Å². The maximum atomic E-state index is 15.3. The number of aromatic nitrogens is 8. The minimum atomic E-state index is -1.33. The fourth-order valence-electron chi connectivity index (χ4n) is 9.60. The summed E-state index contributed by atoms with van der Waals surface area (Å²) in [6, 6.07) is 4.34. The number of carbonyl (C=O) groups is 3. The molecular weight excluding hydrogens is 1010 g/mol. The number of benzene rings is 1. The predicted octanol–water partition coefficient (Wildman–Crippen LogP) is 3.52. The van der Waals surface area contributed by atoms with Gasteiger partial charge >= 0.3 is 0 Å². The molecule has 8 rings (SSSR count). The Morgan fingerprint density at radius 3 is 2.33 bits per heavy atom. The molecule has 2 aliphatic heterocycles. The number of fused-ring (bicyclic) bond motifs is 2. The first kappa shape index (κ1) is 56.9. The van der Waals surface area contributed by atoms with Crippen molar-refractivity contribution in [2.45, 2.75) is 63.3 Å². The minimum absolute atomic E-state index is 0.00622. The Balaban J connectivity index is 0.641. The Morgan fingerprint density at radius 1 is 0.885 bits per heavy atom. The summed E-state index contributed by atoms with van der Waals surface area (Å²) in [6.45, 7) is 6.81. The zero-order chi connectivity index (χ0) is 55.1. The molecule has 2 fully saturated rings. The zero-order valence-electron chi connectivity index (χ0n) is 45.6. The summed E-state index contributed by atoms with van der Waals surface area (Å²) >= 11 is 0. The van der Waals surface area contributed by atoms with Crippen LogP contribution >= 0.6 is 0 Å².